The van der Waals surface area contributed by atoms with Crippen molar-refractivity contribution < 1.29 is 18.0 Å². The Morgan fingerprint density at radius 3 is 2.11 bits per heavy atom. The normalized spacial score (nSPS) is 11.3. The first-order chi connectivity index (χ1) is 13.2. The number of amides is 2. The van der Waals surface area contributed by atoms with Crippen molar-refractivity contribution in [1.82, 2.24) is 10.0 Å². The number of carbonyl (C=O) groups is 2. The third kappa shape index (κ3) is 5.90. The van der Waals surface area contributed by atoms with Crippen LogP contribution in [0.3, 0.4) is 0 Å². The Hall–Kier alpha value is -2.71. The molecular weight excluding hydrogens is 378 g/mol. The molecule has 0 fully saturated rings. The molecule has 28 heavy (non-hydrogen) atoms. The van der Waals surface area contributed by atoms with E-state index in [1.165, 1.54) is 7.05 Å². The standard InChI is InChI=1S/C20H25N3O4S/c1-14(2)15-6-10-18(11-7-15)28(26,27)22-13-12-19(24)23-17-8-4-16(5-9-17)20(25)21-3/h4-11,14,22H,12-13H2,1-3H3,(H,21,25)(H,23,24). The molecule has 0 spiro atoms. The van der Waals surface area contributed by atoms with Crippen molar-refractivity contribution in [3.05, 3.63) is 59.7 Å². The summed E-state index contributed by atoms with van der Waals surface area (Å²) in [6.07, 6.45) is -0.0134. The van der Waals surface area contributed by atoms with Gasteiger partial charge in [0.15, 0.2) is 0 Å². The van der Waals surface area contributed by atoms with Gasteiger partial charge in [0, 0.05) is 31.3 Å². The van der Waals surface area contributed by atoms with Crippen LogP contribution in [0.25, 0.3) is 0 Å². The minimum atomic E-state index is -3.66. The lowest BCUT2D eigenvalue weighted by Crippen LogP contribution is -2.27. The lowest BCUT2D eigenvalue weighted by molar-refractivity contribution is -0.116. The summed E-state index contributed by atoms with van der Waals surface area (Å²) in [5.74, 6) is -0.224. The summed E-state index contributed by atoms with van der Waals surface area (Å²) >= 11 is 0. The van der Waals surface area contributed by atoms with Crippen LogP contribution in [-0.2, 0) is 14.8 Å². The number of benzene rings is 2. The van der Waals surface area contributed by atoms with Crippen LogP contribution in [0.5, 0.6) is 0 Å². The lowest BCUT2D eigenvalue weighted by Gasteiger charge is -2.10. The van der Waals surface area contributed by atoms with Gasteiger partial charge in [-0.05, 0) is 47.9 Å². The van der Waals surface area contributed by atoms with Crippen molar-refractivity contribution in [2.24, 2.45) is 0 Å². The minimum absolute atomic E-state index is 0.0134. The van der Waals surface area contributed by atoms with E-state index in [0.29, 0.717) is 17.2 Å². The number of carbonyl (C=O) groups excluding carboxylic acids is 2. The Morgan fingerprint density at radius 2 is 1.57 bits per heavy atom. The molecule has 0 aliphatic carbocycles. The largest absolute Gasteiger partial charge is 0.355 e. The molecule has 0 aliphatic heterocycles. The Kier molecular flexibility index (Phi) is 7.31. The van der Waals surface area contributed by atoms with Gasteiger partial charge in [0.1, 0.15) is 0 Å². The molecule has 7 nitrogen and oxygen atoms in total. The van der Waals surface area contributed by atoms with E-state index >= 15 is 0 Å². The molecule has 0 radical (unpaired) electrons. The summed E-state index contributed by atoms with van der Waals surface area (Å²) in [5.41, 5.74) is 2.07. The zero-order valence-electron chi connectivity index (χ0n) is 16.2. The van der Waals surface area contributed by atoms with E-state index < -0.39 is 10.0 Å². The highest BCUT2D eigenvalue weighted by Crippen LogP contribution is 2.17. The van der Waals surface area contributed by atoms with E-state index in [1.807, 2.05) is 13.8 Å². The van der Waals surface area contributed by atoms with E-state index in [0.717, 1.165) is 5.56 Å². The molecule has 8 heteroatoms. The number of hydrogen-bond acceptors (Lipinski definition) is 4. The molecule has 0 saturated heterocycles. The van der Waals surface area contributed by atoms with E-state index in [9.17, 15) is 18.0 Å². The SMILES string of the molecule is CNC(=O)c1ccc(NC(=O)CCNS(=O)(=O)c2ccc(C(C)C)cc2)cc1. The number of sulfonamides is 1. The first kappa shape index (κ1) is 21.6. The van der Waals surface area contributed by atoms with E-state index in [1.54, 1.807) is 48.5 Å². The Bertz CT molecular complexity index is 921. The molecule has 2 aromatic rings. The van der Waals surface area contributed by atoms with Gasteiger partial charge >= 0.3 is 0 Å². The van der Waals surface area contributed by atoms with Crippen molar-refractivity contribution in [2.75, 3.05) is 18.9 Å². The highest BCUT2D eigenvalue weighted by Gasteiger charge is 2.14. The van der Waals surface area contributed by atoms with Crippen LogP contribution in [0.2, 0.25) is 0 Å². The van der Waals surface area contributed by atoms with E-state index in [4.69, 9.17) is 0 Å². The molecular formula is C20H25N3O4S. The molecule has 3 N–H and O–H groups in total. The van der Waals surface area contributed by atoms with Crippen LogP contribution in [0, 0.1) is 0 Å². The van der Waals surface area contributed by atoms with Gasteiger partial charge in [0.25, 0.3) is 5.91 Å². The summed E-state index contributed by atoms with van der Waals surface area (Å²) in [4.78, 5) is 23.7. The Balaban J connectivity index is 1.86. The first-order valence-corrected chi connectivity index (χ1v) is 10.4. The summed E-state index contributed by atoms with van der Waals surface area (Å²) in [5, 5.41) is 5.18. The quantitative estimate of drug-likeness (QED) is 0.630. The Labute approximate surface area is 165 Å². The molecule has 0 aliphatic rings. The molecule has 2 amide bonds. The van der Waals surface area contributed by atoms with Crippen LogP contribution < -0.4 is 15.4 Å². The average Bonchev–Trinajstić information content (AvgIpc) is 2.67. The van der Waals surface area contributed by atoms with Gasteiger partial charge in [-0.2, -0.15) is 0 Å². The highest BCUT2D eigenvalue weighted by atomic mass is 32.2. The van der Waals surface area contributed by atoms with Crippen LogP contribution in [0.1, 0.15) is 42.1 Å². The van der Waals surface area contributed by atoms with Crippen LogP contribution in [0.15, 0.2) is 53.4 Å². The molecule has 0 heterocycles. The lowest BCUT2D eigenvalue weighted by atomic mass is 10.0. The number of rotatable bonds is 8. The predicted octanol–water partition coefficient (Wildman–Crippen LogP) is 2.48. The second-order valence-electron chi connectivity index (χ2n) is 6.58. The van der Waals surface area contributed by atoms with Crippen molar-refractivity contribution in [3.8, 4) is 0 Å². The maximum Gasteiger partial charge on any atom is 0.251 e. The Morgan fingerprint density at radius 1 is 0.964 bits per heavy atom. The molecule has 2 rings (SSSR count). The van der Waals surface area contributed by atoms with E-state index in [2.05, 4.69) is 15.4 Å². The van der Waals surface area contributed by atoms with Crippen LogP contribution in [0.4, 0.5) is 5.69 Å². The van der Waals surface area contributed by atoms with Crippen molar-refractivity contribution >= 4 is 27.5 Å². The number of hydrogen-bond donors (Lipinski definition) is 3. The number of nitrogens with one attached hydrogen (secondary N) is 3. The van der Waals surface area contributed by atoms with Gasteiger partial charge in [-0.15, -0.1) is 0 Å². The zero-order chi connectivity index (χ0) is 20.7. The number of anilines is 1. The molecule has 2 aromatic carbocycles. The monoisotopic (exact) mass is 403 g/mol. The maximum absolute atomic E-state index is 12.3. The van der Waals surface area contributed by atoms with Crippen LogP contribution in [-0.4, -0.2) is 33.8 Å². The third-order valence-electron chi connectivity index (χ3n) is 4.16. The van der Waals surface area contributed by atoms with E-state index in [-0.39, 0.29) is 29.7 Å². The second kappa shape index (κ2) is 9.48. The fourth-order valence-corrected chi connectivity index (χ4v) is 3.52. The summed E-state index contributed by atoms with van der Waals surface area (Å²) < 4.78 is 27.0. The highest BCUT2D eigenvalue weighted by molar-refractivity contribution is 7.89. The first-order valence-electron chi connectivity index (χ1n) is 8.94. The van der Waals surface area contributed by atoms with Gasteiger partial charge in [-0.25, -0.2) is 13.1 Å². The summed E-state index contributed by atoms with van der Waals surface area (Å²) in [6.45, 7) is 4.05. The summed E-state index contributed by atoms with van der Waals surface area (Å²) in [6, 6.07) is 13.1. The fourth-order valence-electron chi connectivity index (χ4n) is 2.49. The van der Waals surface area contributed by atoms with Gasteiger partial charge in [0.2, 0.25) is 15.9 Å². The van der Waals surface area contributed by atoms with Crippen molar-refractivity contribution in [1.29, 1.82) is 0 Å². The fraction of sp³-hybridized carbons (Fsp3) is 0.300. The van der Waals surface area contributed by atoms with Crippen molar-refractivity contribution in [3.63, 3.8) is 0 Å². The van der Waals surface area contributed by atoms with Crippen molar-refractivity contribution in [2.45, 2.75) is 31.1 Å². The smallest absolute Gasteiger partial charge is 0.251 e. The molecule has 150 valence electrons. The van der Waals surface area contributed by atoms with Gasteiger partial charge in [0.05, 0.1) is 4.90 Å². The third-order valence-corrected chi connectivity index (χ3v) is 5.64. The second-order valence-corrected chi connectivity index (χ2v) is 8.34. The molecule has 0 saturated carbocycles. The average molecular weight is 404 g/mol. The van der Waals surface area contributed by atoms with Gasteiger partial charge in [-0.1, -0.05) is 26.0 Å². The summed E-state index contributed by atoms with van der Waals surface area (Å²) in [7, 11) is -2.12. The topological polar surface area (TPSA) is 104 Å². The predicted molar refractivity (Wildman–Crippen MR) is 109 cm³/mol. The van der Waals surface area contributed by atoms with Gasteiger partial charge < -0.3 is 10.6 Å². The zero-order valence-corrected chi connectivity index (χ0v) is 17.0. The van der Waals surface area contributed by atoms with Gasteiger partial charge in [-0.3, -0.25) is 9.59 Å². The minimum Gasteiger partial charge on any atom is -0.355 e. The molecule has 0 unspecified atom stereocenters. The molecule has 0 aromatic heterocycles. The molecule has 0 bridgehead atoms. The molecule has 0 atom stereocenters. The maximum atomic E-state index is 12.3. The van der Waals surface area contributed by atoms with Crippen LogP contribution >= 0.6 is 0 Å².